The first-order valence-electron chi connectivity index (χ1n) is 23.7. The maximum absolute atomic E-state index is 6.68. The number of hydrogen-bond acceptors (Lipinski definition) is 4. The summed E-state index contributed by atoms with van der Waals surface area (Å²) in [7, 11) is 0. The predicted octanol–water partition coefficient (Wildman–Crippen LogP) is 17.2. The van der Waals surface area contributed by atoms with Gasteiger partial charge in [-0.1, -0.05) is 188 Å². The van der Waals surface area contributed by atoms with E-state index in [9.17, 15) is 0 Å². The van der Waals surface area contributed by atoms with Crippen molar-refractivity contribution in [2.75, 3.05) is 0 Å². The summed E-state index contributed by atoms with van der Waals surface area (Å²) in [6.45, 7) is 0. The molecule has 14 rings (SSSR count). The van der Waals surface area contributed by atoms with E-state index >= 15 is 0 Å². The number of hydrogen-bond donors (Lipinski definition) is 0. The first-order valence-corrected chi connectivity index (χ1v) is 23.7. The van der Waals surface area contributed by atoms with E-state index in [-0.39, 0.29) is 0 Å². The number of benzene rings is 10. The normalized spacial score (nSPS) is 11.7. The van der Waals surface area contributed by atoms with E-state index in [1.807, 2.05) is 30.3 Å². The van der Waals surface area contributed by atoms with Crippen LogP contribution in [0.15, 0.2) is 247 Å². The minimum atomic E-state index is 0.683. The van der Waals surface area contributed by atoms with E-state index in [1.165, 1.54) is 21.8 Å². The highest BCUT2D eigenvalue weighted by Gasteiger charge is 2.22. The number of nitrogens with zero attached hydrogens (tertiary/aromatic N) is 4. The van der Waals surface area contributed by atoms with Crippen molar-refractivity contribution in [2.45, 2.75) is 0 Å². The molecule has 5 heteroatoms. The molecule has 0 saturated heterocycles. The van der Waals surface area contributed by atoms with Crippen LogP contribution in [0.25, 0.3) is 139 Å². The second-order valence-corrected chi connectivity index (χ2v) is 17.9. The van der Waals surface area contributed by atoms with Crippen LogP contribution < -0.4 is 0 Å². The van der Waals surface area contributed by atoms with Crippen LogP contribution >= 0.6 is 0 Å². The highest BCUT2D eigenvalue weighted by atomic mass is 16.3. The Morgan fingerprint density at radius 2 is 0.857 bits per heavy atom. The molecule has 0 amide bonds. The zero-order valence-corrected chi connectivity index (χ0v) is 37.8. The molecule has 0 aliphatic rings. The first kappa shape index (κ1) is 39.7. The van der Waals surface area contributed by atoms with Crippen LogP contribution in [0.3, 0.4) is 0 Å². The van der Waals surface area contributed by atoms with Gasteiger partial charge in [0.25, 0.3) is 0 Å². The Hall–Kier alpha value is -9.45. The van der Waals surface area contributed by atoms with Crippen molar-refractivity contribution in [1.82, 2.24) is 19.5 Å². The molecule has 10 aromatic carbocycles. The standard InChI is InChI=1S/C65H40N4O/c1-3-16-44(17-4-1)64-53-39-60-63(52-25-10-14-29-59(52)70-60)61(62(53)51-24-7-11-26-54(51)66-64)47-21-15-20-46(38-47)41-30-32-42(33-31-41)55-40-56(68-65(67-55)45-18-5-2-6-19-45)43-34-36-48(37-35-43)69-57-27-12-8-22-49(57)50-23-9-13-28-58(50)69/h1-40H. The SMILES string of the molecule is c1ccc(-c2nc(-c3ccc(-c4cccc(-c5c6c(cc7c(-c8ccccc8)nc8ccccc8c57)oc5ccccc56)c4)cc3)cc(-c3ccc(-n4c5ccccc5c5ccccc54)cc3)n2)cc1. The zero-order chi connectivity index (χ0) is 46.1. The van der Waals surface area contributed by atoms with Gasteiger partial charge >= 0.3 is 0 Å². The van der Waals surface area contributed by atoms with E-state index in [4.69, 9.17) is 19.4 Å². The summed E-state index contributed by atoms with van der Waals surface area (Å²) in [4.78, 5) is 15.6. The molecule has 0 aliphatic carbocycles. The molecule has 5 nitrogen and oxygen atoms in total. The number of rotatable bonds is 7. The van der Waals surface area contributed by atoms with Crippen molar-refractivity contribution in [3.8, 4) is 73.1 Å². The van der Waals surface area contributed by atoms with Crippen LogP contribution in [0.5, 0.6) is 0 Å². The van der Waals surface area contributed by atoms with Gasteiger partial charge in [-0.15, -0.1) is 0 Å². The highest BCUT2D eigenvalue weighted by Crippen LogP contribution is 2.47. The van der Waals surface area contributed by atoms with Crippen molar-refractivity contribution in [1.29, 1.82) is 0 Å². The molecule has 0 spiro atoms. The number of fused-ring (bicyclic) bond motifs is 9. The Labute approximate surface area is 403 Å². The van der Waals surface area contributed by atoms with Crippen molar-refractivity contribution in [2.24, 2.45) is 0 Å². The average molecular weight is 893 g/mol. The van der Waals surface area contributed by atoms with Crippen LogP contribution in [-0.4, -0.2) is 19.5 Å². The van der Waals surface area contributed by atoms with Crippen LogP contribution in [-0.2, 0) is 0 Å². The van der Waals surface area contributed by atoms with E-state index in [0.717, 1.165) is 111 Å². The van der Waals surface area contributed by atoms with Gasteiger partial charge in [-0.05, 0) is 71.3 Å². The second-order valence-electron chi connectivity index (χ2n) is 17.9. The van der Waals surface area contributed by atoms with Gasteiger partial charge in [0.2, 0.25) is 0 Å². The number of para-hydroxylation sites is 4. The summed E-state index contributed by atoms with van der Waals surface area (Å²) >= 11 is 0. The van der Waals surface area contributed by atoms with E-state index in [2.05, 4.69) is 217 Å². The molecular weight excluding hydrogens is 853 g/mol. The van der Waals surface area contributed by atoms with Crippen LogP contribution in [0, 0.1) is 0 Å². The Kier molecular flexibility index (Phi) is 9.14. The van der Waals surface area contributed by atoms with E-state index < -0.39 is 0 Å². The van der Waals surface area contributed by atoms with Gasteiger partial charge in [-0.25, -0.2) is 15.0 Å². The maximum Gasteiger partial charge on any atom is 0.160 e. The third-order valence-electron chi connectivity index (χ3n) is 13.8. The lowest BCUT2D eigenvalue weighted by Crippen LogP contribution is -1.97. The van der Waals surface area contributed by atoms with Gasteiger partial charge in [0.05, 0.1) is 33.6 Å². The lowest BCUT2D eigenvalue weighted by atomic mass is 9.88. The van der Waals surface area contributed by atoms with Gasteiger partial charge < -0.3 is 8.98 Å². The largest absolute Gasteiger partial charge is 0.456 e. The van der Waals surface area contributed by atoms with Crippen molar-refractivity contribution >= 4 is 65.4 Å². The zero-order valence-electron chi connectivity index (χ0n) is 37.8. The third-order valence-corrected chi connectivity index (χ3v) is 13.8. The Balaban J connectivity index is 0.880. The van der Waals surface area contributed by atoms with Crippen LogP contribution in [0.1, 0.15) is 0 Å². The summed E-state index contributed by atoms with van der Waals surface area (Å²) < 4.78 is 9.02. The van der Waals surface area contributed by atoms with Crippen LogP contribution in [0.4, 0.5) is 0 Å². The quantitative estimate of drug-likeness (QED) is 0.150. The Morgan fingerprint density at radius 3 is 1.56 bits per heavy atom. The summed E-state index contributed by atoms with van der Waals surface area (Å²) in [5.41, 5.74) is 17.3. The topological polar surface area (TPSA) is 56.7 Å². The second kappa shape index (κ2) is 16.1. The molecule has 326 valence electrons. The van der Waals surface area contributed by atoms with Crippen molar-refractivity contribution in [3.63, 3.8) is 0 Å². The molecule has 0 bridgehead atoms. The monoisotopic (exact) mass is 892 g/mol. The van der Waals surface area contributed by atoms with Crippen molar-refractivity contribution < 1.29 is 4.42 Å². The Bertz CT molecular complexity index is 4270. The minimum Gasteiger partial charge on any atom is -0.456 e. The van der Waals surface area contributed by atoms with E-state index in [0.29, 0.717) is 5.82 Å². The number of furan rings is 1. The van der Waals surface area contributed by atoms with Gasteiger partial charge in [-0.3, -0.25) is 0 Å². The molecule has 0 atom stereocenters. The van der Waals surface area contributed by atoms with Gasteiger partial charge in [-0.2, -0.15) is 0 Å². The van der Waals surface area contributed by atoms with Crippen LogP contribution in [0.2, 0.25) is 0 Å². The molecule has 70 heavy (non-hydrogen) atoms. The lowest BCUT2D eigenvalue weighted by molar-refractivity contribution is 0.669. The predicted molar refractivity (Wildman–Crippen MR) is 289 cm³/mol. The first-order chi connectivity index (χ1) is 34.7. The maximum atomic E-state index is 6.68. The molecule has 0 saturated carbocycles. The van der Waals surface area contributed by atoms with Crippen molar-refractivity contribution in [3.05, 3.63) is 243 Å². The Morgan fingerprint density at radius 1 is 0.314 bits per heavy atom. The molecule has 0 aliphatic heterocycles. The van der Waals surface area contributed by atoms with Gasteiger partial charge in [0, 0.05) is 71.2 Å². The fraction of sp³-hybridized carbons (Fsp3) is 0. The summed E-state index contributed by atoms with van der Waals surface area (Å²) in [6.07, 6.45) is 0. The molecule has 4 aromatic heterocycles. The average Bonchev–Trinajstić information content (AvgIpc) is 3.98. The number of pyridine rings is 1. The molecule has 0 radical (unpaired) electrons. The molecule has 4 heterocycles. The summed E-state index contributed by atoms with van der Waals surface area (Å²) in [6, 6.07) is 85.5. The molecule has 14 aromatic rings. The molecular formula is C65H40N4O. The molecule has 0 unspecified atom stereocenters. The fourth-order valence-electron chi connectivity index (χ4n) is 10.6. The molecule has 0 N–H and O–H groups in total. The third kappa shape index (κ3) is 6.51. The molecule has 0 fully saturated rings. The smallest absolute Gasteiger partial charge is 0.160 e. The van der Waals surface area contributed by atoms with E-state index in [1.54, 1.807) is 0 Å². The summed E-state index contributed by atoms with van der Waals surface area (Å²) in [5.74, 6) is 0.683. The van der Waals surface area contributed by atoms with Gasteiger partial charge in [0.1, 0.15) is 11.2 Å². The summed E-state index contributed by atoms with van der Waals surface area (Å²) in [5, 5.41) is 7.99. The number of aromatic nitrogens is 4. The minimum absolute atomic E-state index is 0.683. The fourth-order valence-corrected chi connectivity index (χ4v) is 10.6. The lowest BCUT2D eigenvalue weighted by Gasteiger charge is -2.16. The highest BCUT2D eigenvalue weighted by molar-refractivity contribution is 6.28. The van der Waals surface area contributed by atoms with Gasteiger partial charge in [0.15, 0.2) is 5.82 Å².